The fourth-order valence-electron chi connectivity index (χ4n) is 2.63. The predicted molar refractivity (Wildman–Crippen MR) is 77.5 cm³/mol. The van der Waals surface area contributed by atoms with E-state index in [1.54, 1.807) is 4.90 Å². The maximum atomic E-state index is 12.1. The summed E-state index contributed by atoms with van der Waals surface area (Å²) in [6.07, 6.45) is 2.50. The van der Waals surface area contributed by atoms with E-state index in [4.69, 9.17) is 10.8 Å². The number of nitrogens with zero attached hydrogens (tertiary/aromatic N) is 1. The normalized spacial score (nSPS) is 20.7. The highest BCUT2D eigenvalue weighted by Crippen LogP contribution is 2.24. The Kier molecular flexibility index (Phi) is 6.45. The van der Waals surface area contributed by atoms with Crippen molar-refractivity contribution in [2.24, 2.45) is 17.6 Å². The second-order valence-electron chi connectivity index (χ2n) is 5.93. The highest BCUT2D eigenvalue weighted by atomic mass is 16.4. The molecule has 0 aromatic carbocycles. The molecule has 0 radical (unpaired) electrons. The Labute approximate surface area is 124 Å². The number of hydrogen-bond donors (Lipinski definition) is 3. The van der Waals surface area contributed by atoms with E-state index in [-0.39, 0.29) is 0 Å². The minimum atomic E-state index is -1.26. The van der Waals surface area contributed by atoms with Crippen LogP contribution in [0.15, 0.2) is 0 Å². The van der Waals surface area contributed by atoms with Gasteiger partial charge in [0.1, 0.15) is 6.04 Å². The molecule has 0 bridgehead atoms. The molecule has 0 aromatic heterocycles. The van der Waals surface area contributed by atoms with Crippen LogP contribution < -0.4 is 11.1 Å². The fraction of sp³-hybridized carbons (Fsp3) is 0.786. The molecule has 4 N–H and O–H groups in total. The highest BCUT2D eigenvalue weighted by molar-refractivity contribution is 5.87. The molecule has 7 nitrogen and oxygen atoms in total. The first-order valence-corrected chi connectivity index (χ1v) is 7.37. The lowest BCUT2D eigenvalue weighted by atomic mass is 9.89. The highest BCUT2D eigenvalue weighted by Gasteiger charge is 2.27. The maximum absolute atomic E-state index is 12.1. The van der Waals surface area contributed by atoms with Crippen LogP contribution in [0.25, 0.3) is 0 Å². The van der Waals surface area contributed by atoms with Gasteiger partial charge in [-0.2, -0.15) is 0 Å². The molecule has 1 unspecified atom stereocenters. The second-order valence-corrected chi connectivity index (χ2v) is 5.93. The lowest BCUT2D eigenvalue weighted by molar-refractivity contribution is -0.140. The van der Waals surface area contributed by atoms with Crippen molar-refractivity contribution in [3.63, 3.8) is 0 Å². The molecule has 0 saturated carbocycles. The van der Waals surface area contributed by atoms with E-state index in [1.165, 1.54) is 0 Å². The van der Waals surface area contributed by atoms with Gasteiger partial charge < -0.3 is 21.1 Å². The van der Waals surface area contributed by atoms with Gasteiger partial charge in [0.15, 0.2) is 0 Å². The predicted octanol–water partition coefficient (Wildman–Crippen LogP) is 0.783. The number of nitrogens with one attached hydrogen (secondary N) is 1. The first kappa shape index (κ1) is 17.3. The molecule has 1 aliphatic heterocycles. The smallest absolute Gasteiger partial charge is 0.326 e. The first-order chi connectivity index (χ1) is 9.81. The van der Waals surface area contributed by atoms with Crippen LogP contribution in [-0.2, 0) is 9.59 Å². The van der Waals surface area contributed by atoms with Crippen molar-refractivity contribution >= 4 is 17.9 Å². The van der Waals surface area contributed by atoms with Crippen LogP contribution in [0.4, 0.5) is 4.79 Å². The van der Waals surface area contributed by atoms with Gasteiger partial charge in [-0.3, -0.25) is 4.79 Å². The zero-order chi connectivity index (χ0) is 16.0. The standard InChI is InChI=1S/C14H25N3O4/c1-9(2)10-4-3-6-17(7-5-10)14(21)16-11(13(19)20)8-12(15)18/h9-11H,3-8H2,1-2H3,(H2,15,18)(H,16,21)(H,19,20)/t10?,11-/m1/s1. The molecule has 1 saturated heterocycles. The second kappa shape index (κ2) is 7.85. The van der Waals surface area contributed by atoms with Crippen molar-refractivity contribution in [2.75, 3.05) is 13.1 Å². The molecule has 1 heterocycles. The quantitative estimate of drug-likeness (QED) is 0.696. The number of amides is 3. The SMILES string of the molecule is CC(C)C1CCCN(C(=O)N[C@H](CC(N)=O)C(=O)O)CC1. The molecule has 2 atom stereocenters. The van der Waals surface area contributed by atoms with Crippen molar-refractivity contribution in [2.45, 2.75) is 45.6 Å². The molecular weight excluding hydrogens is 274 g/mol. The van der Waals surface area contributed by atoms with Crippen LogP contribution in [0.5, 0.6) is 0 Å². The summed E-state index contributed by atoms with van der Waals surface area (Å²) < 4.78 is 0. The van der Waals surface area contributed by atoms with Gasteiger partial charge in [0.25, 0.3) is 0 Å². The number of carbonyl (C=O) groups excluding carboxylic acids is 2. The largest absolute Gasteiger partial charge is 0.480 e. The third-order valence-electron chi connectivity index (χ3n) is 4.00. The van der Waals surface area contributed by atoms with Crippen molar-refractivity contribution in [3.05, 3.63) is 0 Å². The third kappa shape index (κ3) is 5.61. The Morgan fingerprint density at radius 1 is 1.29 bits per heavy atom. The van der Waals surface area contributed by atoms with Gasteiger partial charge in [0.05, 0.1) is 6.42 Å². The van der Waals surface area contributed by atoms with Crippen molar-refractivity contribution in [3.8, 4) is 0 Å². The molecule has 3 amide bonds. The Morgan fingerprint density at radius 2 is 1.95 bits per heavy atom. The lowest BCUT2D eigenvalue weighted by Crippen LogP contribution is -2.49. The van der Waals surface area contributed by atoms with Gasteiger partial charge in [-0.15, -0.1) is 0 Å². The number of carboxylic acid groups (broad SMARTS) is 1. The third-order valence-corrected chi connectivity index (χ3v) is 4.00. The van der Waals surface area contributed by atoms with Gasteiger partial charge >= 0.3 is 12.0 Å². The van der Waals surface area contributed by atoms with E-state index in [0.717, 1.165) is 19.3 Å². The zero-order valence-electron chi connectivity index (χ0n) is 12.7. The molecule has 0 aliphatic carbocycles. The van der Waals surface area contributed by atoms with Gasteiger partial charge in [0.2, 0.25) is 5.91 Å². The Bertz CT molecular complexity index is 398. The summed E-state index contributed by atoms with van der Waals surface area (Å²) in [7, 11) is 0. The van der Waals surface area contributed by atoms with E-state index < -0.39 is 30.4 Å². The molecule has 120 valence electrons. The molecule has 1 aliphatic rings. The summed E-state index contributed by atoms with van der Waals surface area (Å²) in [6, 6.07) is -1.70. The Morgan fingerprint density at radius 3 is 2.48 bits per heavy atom. The minimum Gasteiger partial charge on any atom is -0.480 e. The monoisotopic (exact) mass is 299 g/mol. The number of hydrogen-bond acceptors (Lipinski definition) is 3. The molecule has 0 aromatic rings. The van der Waals surface area contributed by atoms with E-state index in [9.17, 15) is 14.4 Å². The molecule has 1 rings (SSSR count). The Balaban J connectivity index is 2.57. The lowest BCUT2D eigenvalue weighted by Gasteiger charge is -2.24. The Hall–Kier alpha value is -1.79. The number of urea groups is 1. The topological polar surface area (TPSA) is 113 Å². The molecule has 21 heavy (non-hydrogen) atoms. The van der Waals surface area contributed by atoms with Crippen LogP contribution in [0.2, 0.25) is 0 Å². The summed E-state index contributed by atoms with van der Waals surface area (Å²) in [6.45, 7) is 5.57. The number of carboxylic acids is 1. The van der Waals surface area contributed by atoms with Gasteiger partial charge in [-0.05, 0) is 31.1 Å². The van der Waals surface area contributed by atoms with Gasteiger partial charge in [-0.1, -0.05) is 13.8 Å². The zero-order valence-corrected chi connectivity index (χ0v) is 12.7. The fourth-order valence-corrected chi connectivity index (χ4v) is 2.63. The molecular formula is C14H25N3O4. The average molecular weight is 299 g/mol. The first-order valence-electron chi connectivity index (χ1n) is 7.37. The number of nitrogens with two attached hydrogens (primary N) is 1. The van der Waals surface area contributed by atoms with Crippen LogP contribution in [-0.4, -0.2) is 47.0 Å². The van der Waals surface area contributed by atoms with E-state index in [2.05, 4.69) is 19.2 Å². The van der Waals surface area contributed by atoms with Crippen LogP contribution in [0.1, 0.15) is 39.5 Å². The molecule has 0 spiro atoms. The van der Waals surface area contributed by atoms with Gasteiger partial charge in [-0.25, -0.2) is 9.59 Å². The molecule has 7 heteroatoms. The van der Waals surface area contributed by atoms with Gasteiger partial charge in [0, 0.05) is 13.1 Å². The summed E-state index contributed by atoms with van der Waals surface area (Å²) in [4.78, 5) is 35.6. The van der Waals surface area contributed by atoms with E-state index in [1.807, 2.05) is 0 Å². The number of aliphatic carboxylic acids is 1. The summed E-state index contributed by atoms with van der Waals surface area (Å²) in [5.74, 6) is -0.839. The van der Waals surface area contributed by atoms with Crippen molar-refractivity contribution in [1.82, 2.24) is 10.2 Å². The van der Waals surface area contributed by atoms with E-state index >= 15 is 0 Å². The van der Waals surface area contributed by atoms with E-state index in [0.29, 0.717) is 24.9 Å². The number of primary amides is 1. The van der Waals surface area contributed by atoms with Crippen LogP contribution in [0.3, 0.4) is 0 Å². The molecule has 1 fully saturated rings. The number of likely N-dealkylation sites (tertiary alicyclic amines) is 1. The van der Waals surface area contributed by atoms with Crippen molar-refractivity contribution in [1.29, 1.82) is 0 Å². The van der Waals surface area contributed by atoms with Crippen LogP contribution in [0, 0.1) is 11.8 Å². The summed E-state index contributed by atoms with van der Waals surface area (Å²) in [5, 5.41) is 11.4. The summed E-state index contributed by atoms with van der Waals surface area (Å²) >= 11 is 0. The maximum Gasteiger partial charge on any atom is 0.326 e. The van der Waals surface area contributed by atoms with Crippen molar-refractivity contribution < 1.29 is 19.5 Å². The number of rotatable bonds is 5. The summed E-state index contributed by atoms with van der Waals surface area (Å²) in [5.41, 5.74) is 4.99. The van der Waals surface area contributed by atoms with Crippen LogP contribution >= 0.6 is 0 Å². The average Bonchev–Trinajstić information content (AvgIpc) is 2.62. The minimum absolute atomic E-state index is 0.399. The number of carbonyl (C=O) groups is 3.